The van der Waals surface area contributed by atoms with Gasteiger partial charge >= 0.3 is 6.09 Å². The Morgan fingerprint density at radius 1 is 1.00 bits per heavy atom. The molecule has 2 aromatic carbocycles. The molecule has 3 heterocycles. The molecule has 10 heteroatoms. The molecule has 1 saturated heterocycles. The van der Waals surface area contributed by atoms with Gasteiger partial charge in [-0.2, -0.15) is 0 Å². The van der Waals surface area contributed by atoms with Crippen LogP contribution in [0.4, 0.5) is 4.79 Å². The summed E-state index contributed by atoms with van der Waals surface area (Å²) in [7, 11) is 1.54. The number of amides is 3. The predicted octanol–water partition coefficient (Wildman–Crippen LogP) is 3.37. The number of ether oxygens (including phenoxy) is 2. The molecule has 1 aliphatic rings. The van der Waals surface area contributed by atoms with Gasteiger partial charge < -0.3 is 29.6 Å². The van der Waals surface area contributed by atoms with E-state index in [0.29, 0.717) is 44.1 Å². The van der Waals surface area contributed by atoms with E-state index in [9.17, 15) is 14.4 Å². The van der Waals surface area contributed by atoms with E-state index in [0.717, 1.165) is 21.9 Å². The second-order valence-corrected chi connectivity index (χ2v) is 9.33. The number of carbonyl (C=O) groups excluding carboxylic acids is 3. The summed E-state index contributed by atoms with van der Waals surface area (Å²) in [6.45, 7) is 3.48. The van der Waals surface area contributed by atoms with E-state index < -0.39 is 11.9 Å². The van der Waals surface area contributed by atoms with Crippen molar-refractivity contribution >= 4 is 39.7 Å². The van der Waals surface area contributed by atoms with Gasteiger partial charge in [-0.25, -0.2) is 9.78 Å². The summed E-state index contributed by atoms with van der Waals surface area (Å²) in [4.78, 5) is 50.4. The number of hydrogen-bond acceptors (Lipinski definition) is 6. The Hall–Kier alpha value is -4.60. The van der Waals surface area contributed by atoms with E-state index in [4.69, 9.17) is 9.47 Å². The minimum atomic E-state index is -0.842. The highest BCUT2D eigenvalue weighted by molar-refractivity contribution is 5.99. The highest BCUT2D eigenvalue weighted by Gasteiger charge is 2.31. The number of carbonyl (C=O) groups is 3. The second-order valence-electron chi connectivity index (χ2n) is 9.33. The summed E-state index contributed by atoms with van der Waals surface area (Å²) >= 11 is 0. The molecular weight excluding hydrogens is 498 g/mol. The first-order valence-electron chi connectivity index (χ1n) is 13.0. The number of rotatable bonds is 7. The zero-order chi connectivity index (χ0) is 27.4. The number of hydrogen-bond donors (Lipinski definition) is 2. The maximum atomic E-state index is 13.8. The van der Waals surface area contributed by atoms with Crippen LogP contribution in [0.2, 0.25) is 0 Å². The van der Waals surface area contributed by atoms with Crippen molar-refractivity contribution in [3.05, 3.63) is 72.1 Å². The van der Waals surface area contributed by atoms with Gasteiger partial charge in [-0.05, 0) is 30.7 Å². The second kappa shape index (κ2) is 11.4. The molecular formula is C29H31N5O5. The van der Waals surface area contributed by atoms with Crippen molar-refractivity contribution in [3.63, 3.8) is 0 Å². The SMILES string of the molecule is CCOC(=O)N1CCN(C(=O)[C@H](Cc2c[nH]c3ccccc23)NC(=O)c2cc(OC)c3ccccc3n2)CC1. The van der Waals surface area contributed by atoms with Crippen LogP contribution >= 0.6 is 0 Å². The Bertz CT molecular complexity index is 1510. The molecule has 39 heavy (non-hydrogen) atoms. The van der Waals surface area contributed by atoms with Crippen LogP contribution in [0.25, 0.3) is 21.8 Å². The summed E-state index contributed by atoms with van der Waals surface area (Å²) in [5, 5.41) is 4.72. The van der Waals surface area contributed by atoms with E-state index >= 15 is 0 Å². The molecule has 1 atom stereocenters. The minimum absolute atomic E-state index is 0.161. The Kier molecular flexibility index (Phi) is 7.62. The third-order valence-corrected chi connectivity index (χ3v) is 6.95. The van der Waals surface area contributed by atoms with Gasteiger partial charge in [-0.3, -0.25) is 9.59 Å². The standard InChI is InChI=1S/C29H31N5O5/c1-3-39-29(37)34-14-12-33(13-15-34)28(36)25(16-19-18-30-22-10-6-4-8-20(19)22)32-27(35)24-17-26(38-2)21-9-5-7-11-23(21)31-24/h4-11,17-18,25,30H,3,12-16H2,1-2H3,(H,32,35)/t25-/m0/s1. The lowest BCUT2D eigenvalue weighted by atomic mass is 10.0. The molecule has 5 rings (SSSR count). The van der Waals surface area contributed by atoms with Crippen molar-refractivity contribution in [2.75, 3.05) is 39.9 Å². The normalized spacial score (nSPS) is 14.3. The Labute approximate surface area is 225 Å². The summed E-state index contributed by atoms with van der Waals surface area (Å²) in [6.07, 6.45) is 1.77. The number of benzene rings is 2. The monoisotopic (exact) mass is 529 g/mol. The molecule has 0 unspecified atom stereocenters. The van der Waals surface area contributed by atoms with Crippen LogP contribution < -0.4 is 10.1 Å². The van der Waals surface area contributed by atoms with Crippen molar-refractivity contribution in [2.45, 2.75) is 19.4 Å². The number of fused-ring (bicyclic) bond motifs is 2. The van der Waals surface area contributed by atoms with Crippen LogP contribution in [0.15, 0.2) is 60.8 Å². The Morgan fingerprint density at radius 2 is 1.69 bits per heavy atom. The van der Waals surface area contributed by atoms with E-state index in [1.165, 1.54) is 0 Å². The van der Waals surface area contributed by atoms with Crippen molar-refractivity contribution < 1.29 is 23.9 Å². The fourth-order valence-corrected chi connectivity index (χ4v) is 4.93. The van der Waals surface area contributed by atoms with Crippen LogP contribution in [0.5, 0.6) is 5.75 Å². The average Bonchev–Trinajstić information content (AvgIpc) is 3.38. The number of nitrogens with zero attached hydrogens (tertiary/aromatic N) is 3. The minimum Gasteiger partial charge on any atom is -0.496 e. The lowest BCUT2D eigenvalue weighted by molar-refractivity contribution is -0.134. The van der Waals surface area contributed by atoms with Crippen LogP contribution in [0, 0.1) is 0 Å². The number of methoxy groups -OCH3 is 1. The van der Waals surface area contributed by atoms with E-state index in [1.807, 2.05) is 54.7 Å². The highest BCUT2D eigenvalue weighted by Crippen LogP contribution is 2.25. The zero-order valence-corrected chi connectivity index (χ0v) is 22.0. The molecule has 0 spiro atoms. The summed E-state index contributed by atoms with van der Waals surface area (Å²) in [5.74, 6) is -0.160. The molecule has 3 amide bonds. The summed E-state index contributed by atoms with van der Waals surface area (Å²) in [6, 6.07) is 16.0. The maximum Gasteiger partial charge on any atom is 0.409 e. The quantitative estimate of drug-likeness (QED) is 0.379. The molecule has 1 fully saturated rings. The van der Waals surface area contributed by atoms with Gasteiger partial charge in [-0.15, -0.1) is 0 Å². The highest BCUT2D eigenvalue weighted by atomic mass is 16.6. The first kappa shape index (κ1) is 26.0. The summed E-state index contributed by atoms with van der Waals surface area (Å²) < 4.78 is 10.6. The van der Waals surface area contributed by atoms with Gasteiger partial charge in [0.1, 0.15) is 17.5 Å². The van der Waals surface area contributed by atoms with Gasteiger partial charge in [0, 0.05) is 61.2 Å². The van der Waals surface area contributed by atoms with Gasteiger partial charge in [0.25, 0.3) is 5.91 Å². The van der Waals surface area contributed by atoms with Gasteiger partial charge in [0.05, 0.1) is 19.2 Å². The molecule has 0 saturated carbocycles. The number of para-hydroxylation sites is 2. The largest absolute Gasteiger partial charge is 0.496 e. The third-order valence-electron chi connectivity index (χ3n) is 6.95. The number of nitrogens with one attached hydrogen (secondary N) is 2. The average molecular weight is 530 g/mol. The number of aromatic nitrogens is 2. The van der Waals surface area contributed by atoms with Gasteiger partial charge in [0.2, 0.25) is 5.91 Å². The predicted molar refractivity (Wildman–Crippen MR) is 147 cm³/mol. The maximum absolute atomic E-state index is 13.8. The lowest BCUT2D eigenvalue weighted by Gasteiger charge is -2.36. The number of pyridine rings is 1. The molecule has 1 aliphatic heterocycles. The smallest absolute Gasteiger partial charge is 0.409 e. The Balaban J connectivity index is 1.40. The Morgan fingerprint density at radius 3 is 2.44 bits per heavy atom. The molecule has 0 bridgehead atoms. The first-order chi connectivity index (χ1) is 19.0. The van der Waals surface area contributed by atoms with Crippen molar-refractivity contribution in [1.29, 1.82) is 0 Å². The van der Waals surface area contributed by atoms with Crippen molar-refractivity contribution in [1.82, 2.24) is 25.1 Å². The molecule has 4 aromatic rings. The third kappa shape index (κ3) is 5.50. The van der Waals surface area contributed by atoms with Crippen LogP contribution in [0.1, 0.15) is 23.0 Å². The summed E-state index contributed by atoms with van der Waals surface area (Å²) in [5.41, 5.74) is 2.65. The fourth-order valence-electron chi connectivity index (χ4n) is 4.93. The van der Waals surface area contributed by atoms with Crippen molar-refractivity contribution in [2.24, 2.45) is 0 Å². The first-order valence-corrected chi connectivity index (χ1v) is 13.0. The number of H-pyrrole nitrogens is 1. The van der Waals surface area contributed by atoms with Gasteiger partial charge in [0.15, 0.2) is 0 Å². The van der Waals surface area contributed by atoms with Gasteiger partial charge in [-0.1, -0.05) is 30.3 Å². The lowest BCUT2D eigenvalue weighted by Crippen LogP contribution is -2.56. The van der Waals surface area contributed by atoms with E-state index in [1.54, 1.807) is 29.9 Å². The van der Waals surface area contributed by atoms with E-state index in [2.05, 4.69) is 15.3 Å². The zero-order valence-electron chi connectivity index (χ0n) is 22.0. The number of aromatic amines is 1. The number of piperazine rings is 1. The van der Waals surface area contributed by atoms with Crippen LogP contribution in [-0.4, -0.2) is 83.6 Å². The molecule has 0 radical (unpaired) electrons. The molecule has 0 aliphatic carbocycles. The molecule has 202 valence electrons. The molecule has 2 aromatic heterocycles. The topological polar surface area (TPSA) is 117 Å². The van der Waals surface area contributed by atoms with Crippen LogP contribution in [-0.2, 0) is 16.0 Å². The van der Waals surface area contributed by atoms with Crippen LogP contribution in [0.3, 0.4) is 0 Å². The molecule has 10 nitrogen and oxygen atoms in total. The molecule has 2 N–H and O–H groups in total. The fraction of sp³-hybridized carbons (Fsp3) is 0.310. The van der Waals surface area contributed by atoms with E-state index in [-0.39, 0.29) is 24.1 Å². The van der Waals surface area contributed by atoms with Crippen molar-refractivity contribution in [3.8, 4) is 5.75 Å².